The van der Waals surface area contributed by atoms with Crippen LogP contribution in [0.3, 0.4) is 0 Å². The van der Waals surface area contributed by atoms with Crippen molar-refractivity contribution in [1.29, 1.82) is 0 Å². The Kier molecular flexibility index (Phi) is 4.89. The molecule has 4 heterocycles. The molecule has 0 N–H and O–H groups in total. The predicted molar refractivity (Wildman–Crippen MR) is 119 cm³/mol. The number of hydrogen-bond donors (Lipinski definition) is 0. The van der Waals surface area contributed by atoms with E-state index in [4.69, 9.17) is 9.15 Å². The van der Waals surface area contributed by atoms with E-state index >= 15 is 0 Å². The van der Waals surface area contributed by atoms with Crippen LogP contribution in [0.2, 0.25) is 0 Å². The van der Waals surface area contributed by atoms with E-state index in [2.05, 4.69) is 20.1 Å². The predicted octanol–water partition coefficient (Wildman–Crippen LogP) is 4.88. The van der Waals surface area contributed by atoms with E-state index in [-0.39, 0.29) is 12.6 Å². The molecule has 0 atom stereocenters. The fourth-order valence-electron chi connectivity index (χ4n) is 3.59. The highest BCUT2D eigenvalue weighted by Gasteiger charge is 2.21. The minimum Gasteiger partial charge on any atom is -0.463 e. The quantitative estimate of drug-likeness (QED) is 0.369. The topological polar surface area (TPSA) is 95.9 Å². The highest BCUT2D eigenvalue weighted by molar-refractivity contribution is 6.03. The smallest absolute Gasteiger partial charge is 0.339 e. The number of fused-ring (bicyclic) bond motifs is 2. The molecule has 0 aliphatic rings. The zero-order valence-corrected chi connectivity index (χ0v) is 17.9. The van der Waals surface area contributed by atoms with Crippen molar-refractivity contribution >= 4 is 28.0 Å². The second-order valence-electron chi connectivity index (χ2n) is 7.77. The Morgan fingerprint density at radius 1 is 1.09 bits per heavy atom. The van der Waals surface area contributed by atoms with Gasteiger partial charge in [0, 0.05) is 6.04 Å². The second kappa shape index (κ2) is 7.88. The second-order valence-corrected chi connectivity index (χ2v) is 7.77. The van der Waals surface area contributed by atoms with Crippen molar-refractivity contribution in [3.8, 4) is 11.5 Å². The van der Waals surface area contributed by atoms with Gasteiger partial charge in [-0.3, -0.25) is 0 Å². The molecular formula is C24H21N5O3. The maximum atomic E-state index is 13.1. The average molecular weight is 427 g/mol. The van der Waals surface area contributed by atoms with Crippen molar-refractivity contribution in [2.45, 2.75) is 33.4 Å². The van der Waals surface area contributed by atoms with E-state index in [1.807, 2.05) is 45.0 Å². The van der Waals surface area contributed by atoms with Gasteiger partial charge in [-0.2, -0.15) is 5.10 Å². The van der Waals surface area contributed by atoms with Gasteiger partial charge >= 0.3 is 5.97 Å². The van der Waals surface area contributed by atoms with E-state index in [0.29, 0.717) is 33.7 Å². The highest BCUT2D eigenvalue weighted by Crippen LogP contribution is 2.27. The van der Waals surface area contributed by atoms with Gasteiger partial charge in [0.15, 0.2) is 11.4 Å². The molecule has 8 nitrogen and oxygen atoms in total. The number of pyridine rings is 1. The van der Waals surface area contributed by atoms with Crippen molar-refractivity contribution in [2.75, 3.05) is 0 Å². The van der Waals surface area contributed by atoms with Gasteiger partial charge in [-0.25, -0.2) is 24.4 Å². The average Bonchev–Trinajstić information content (AvgIpc) is 3.46. The Balaban J connectivity index is 1.51. The summed E-state index contributed by atoms with van der Waals surface area (Å²) in [5.74, 6) is 0.0802. The third-order valence-electron chi connectivity index (χ3n) is 5.23. The van der Waals surface area contributed by atoms with Gasteiger partial charge in [0.25, 0.3) is 0 Å². The van der Waals surface area contributed by atoms with Crippen LogP contribution in [0.15, 0.2) is 59.3 Å². The number of esters is 1. The lowest BCUT2D eigenvalue weighted by Gasteiger charge is -2.11. The van der Waals surface area contributed by atoms with Crippen LogP contribution in [0.1, 0.15) is 41.6 Å². The number of aryl methyl sites for hydroxylation is 1. The number of furan rings is 1. The maximum Gasteiger partial charge on any atom is 0.339 e. The summed E-state index contributed by atoms with van der Waals surface area (Å²) in [7, 11) is 0. The van der Waals surface area contributed by atoms with Crippen LogP contribution < -0.4 is 0 Å². The minimum atomic E-state index is -0.483. The SMILES string of the molecule is Cc1nc2ccccc2nc1COC(=O)c1cc(-c2ccco2)nc2c1cnn2C(C)C. The third-order valence-corrected chi connectivity index (χ3v) is 5.23. The first-order valence-electron chi connectivity index (χ1n) is 10.3. The van der Waals surface area contributed by atoms with Gasteiger partial charge in [0.2, 0.25) is 0 Å². The number of rotatable bonds is 5. The summed E-state index contributed by atoms with van der Waals surface area (Å²) in [5, 5.41) is 5.05. The molecule has 0 aliphatic heterocycles. The molecular weight excluding hydrogens is 406 g/mol. The molecule has 1 aromatic carbocycles. The van der Waals surface area contributed by atoms with E-state index in [1.165, 1.54) is 0 Å². The number of ether oxygens (including phenoxy) is 1. The van der Waals surface area contributed by atoms with E-state index in [9.17, 15) is 4.79 Å². The van der Waals surface area contributed by atoms with Crippen LogP contribution in [0, 0.1) is 6.92 Å². The van der Waals surface area contributed by atoms with Gasteiger partial charge in [0.1, 0.15) is 12.3 Å². The van der Waals surface area contributed by atoms with Crippen LogP contribution in [0.25, 0.3) is 33.5 Å². The molecule has 0 fully saturated rings. The number of nitrogens with zero attached hydrogens (tertiary/aromatic N) is 5. The highest BCUT2D eigenvalue weighted by atomic mass is 16.5. The number of carbonyl (C=O) groups excluding carboxylic acids is 1. The zero-order valence-electron chi connectivity index (χ0n) is 17.9. The molecule has 5 aromatic rings. The van der Waals surface area contributed by atoms with Gasteiger partial charge in [-0.15, -0.1) is 0 Å². The molecule has 0 unspecified atom stereocenters. The maximum absolute atomic E-state index is 13.1. The lowest BCUT2D eigenvalue weighted by atomic mass is 10.1. The Morgan fingerprint density at radius 2 is 1.88 bits per heavy atom. The van der Waals surface area contributed by atoms with Crippen LogP contribution in [-0.2, 0) is 11.3 Å². The number of para-hydroxylation sites is 2. The molecule has 4 aromatic heterocycles. The first kappa shape index (κ1) is 19.9. The fraction of sp³-hybridized carbons (Fsp3) is 0.208. The molecule has 0 saturated carbocycles. The van der Waals surface area contributed by atoms with Crippen LogP contribution in [0.4, 0.5) is 0 Å². The summed E-state index contributed by atoms with van der Waals surface area (Å²) in [5.41, 5.74) is 4.42. The van der Waals surface area contributed by atoms with E-state index < -0.39 is 5.97 Å². The van der Waals surface area contributed by atoms with Crippen molar-refractivity contribution in [3.63, 3.8) is 0 Å². The van der Waals surface area contributed by atoms with Crippen molar-refractivity contribution in [2.24, 2.45) is 0 Å². The molecule has 5 rings (SSSR count). The number of carbonyl (C=O) groups is 1. The summed E-state index contributed by atoms with van der Waals surface area (Å²) < 4.78 is 12.9. The zero-order chi connectivity index (χ0) is 22.2. The first-order valence-corrected chi connectivity index (χ1v) is 10.3. The summed E-state index contributed by atoms with van der Waals surface area (Å²) >= 11 is 0. The monoisotopic (exact) mass is 427 g/mol. The normalized spacial score (nSPS) is 11.5. The van der Waals surface area contributed by atoms with Crippen molar-refractivity contribution in [1.82, 2.24) is 24.7 Å². The van der Waals surface area contributed by atoms with Gasteiger partial charge in [-0.05, 0) is 51.1 Å². The van der Waals surface area contributed by atoms with E-state index in [0.717, 1.165) is 16.7 Å². The van der Waals surface area contributed by atoms with Crippen molar-refractivity contribution in [3.05, 3.63) is 71.9 Å². The molecule has 160 valence electrons. The summed E-state index contributed by atoms with van der Waals surface area (Å²) in [6.07, 6.45) is 3.21. The third kappa shape index (κ3) is 3.49. The summed E-state index contributed by atoms with van der Waals surface area (Å²) in [6.45, 7) is 5.88. The Hall–Kier alpha value is -4.07. The van der Waals surface area contributed by atoms with Crippen molar-refractivity contribution < 1.29 is 13.9 Å². The van der Waals surface area contributed by atoms with Gasteiger partial charge in [0.05, 0.1) is 45.8 Å². The molecule has 0 spiro atoms. The molecule has 0 saturated heterocycles. The number of aromatic nitrogens is 5. The molecule has 8 heteroatoms. The largest absolute Gasteiger partial charge is 0.463 e. The Bertz CT molecular complexity index is 1440. The standard InChI is InChI=1S/C24H21N5O3/c1-14(2)29-23-17(12-25-29)16(11-20(28-23)22-9-6-10-31-22)24(30)32-13-21-15(3)26-18-7-4-5-8-19(18)27-21/h4-12,14H,13H2,1-3H3. The molecule has 0 amide bonds. The summed E-state index contributed by atoms with van der Waals surface area (Å²) in [4.78, 5) is 27.0. The minimum absolute atomic E-state index is 0.0146. The lowest BCUT2D eigenvalue weighted by Crippen LogP contribution is -2.10. The first-order chi connectivity index (χ1) is 15.5. The fourth-order valence-corrected chi connectivity index (χ4v) is 3.59. The van der Waals surface area contributed by atoms with Crippen LogP contribution in [0.5, 0.6) is 0 Å². The number of hydrogen-bond acceptors (Lipinski definition) is 7. The molecule has 0 bridgehead atoms. The van der Waals surface area contributed by atoms with Gasteiger partial charge in [-0.1, -0.05) is 12.1 Å². The number of benzene rings is 1. The molecule has 32 heavy (non-hydrogen) atoms. The lowest BCUT2D eigenvalue weighted by molar-refractivity contribution is 0.0469. The molecule has 0 aliphatic carbocycles. The molecule has 0 radical (unpaired) electrons. The van der Waals surface area contributed by atoms with Gasteiger partial charge < -0.3 is 9.15 Å². The van der Waals surface area contributed by atoms with Crippen LogP contribution >= 0.6 is 0 Å². The Morgan fingerprint density at radius 3 is 2.59 bits per heavy atom. The summed E-state index contributed by atoms with van der Waals surface area (Å²) in [6, 6.07) is 12.9. The Labute approximate surface area is 183 Å². The van der Waals surface area contributed by atoms with Crippen LogP contribution in [-0.4, -0.2) is 30.7 Å². The van der Waals surface area contributed by atoms with E-state index in [1.54, 1.807) is 35.3 Å².